The predicted octanol–water partition coefficient (Wildman–Crippen LogP) is 2.28. The van der Waals surface area contributed by atoms with Crippen molar-refractivity contribution in [2.45, 2.75) is 30.7 Å². The summed E-state index contributed by atoms with van der Waals surface area (Å²) in [5.74, 6) is -0.311. The van der Waals surface area contributed by atoms with E-state index in [-0.39, 0.29) is 18.3 Å². The molecule has 31 heavy (non-hydrogen) atoms. The number of likely N-dealkylation sites (N-methyl/N-ethyl adjacent to an activating group) is 1. The van der Waals surface area contributed by atoms with E-state index in [4.69, 9.17) is 0 Å². The highest BCUT2D eigenvalue weighted by Gasteiger charge is 2.31. The molecule has 0 atom stereocenters. The van der Waals surface area contributed by atoms with Crippen molar-refractivity contribution in [3.8, 4) is 0 Å². The number of hydrogen-bond acceptors (Lipinski definition) is 4. The van der Waals surface area contributed by atoms with Crippen LogP contribution in [-0.2, 0) is 34.2 Å². The Balaban J connectivity index is 1.31. The number of fused-ring (bicyclic) bond motifs is 1. The Morgan fingerprint density at radius 1 is 1.00 bits per heavy atom. The highest BCUT2D eigenvalue weighted by Crippen LogP contribution is 2.26. The maximum Gasteiger partial charge on any atom is 0.243 e. The fourth-order valence-electron chi connectivity index (χ4n) is 4.32. The Labute approximate surface area is 183 Å². The zero-order chi connectivity index (χ0) is 22.0. The van der Waals surface area contributed by atoms with E-state index in [1.54, 1.807) is 23.1 Å². The van der Waals surface area contributed by atoms with Crippen LogP contribution in [0.5, 0.6) is 0 Å². The number of amides is 1. The minimum Gasteiger partial charge on any atom is -0.339 e. The van der Waals surface area contributed by atoms with Crippen LogP contribution in [0.25, 0.3) is 0 Å². The second-order valence-electron chi connectivity index (χ2n) is 8.37. The molecule has 0 spiro atoms. The predicted molar refractivity (Wildman–Crippen MR) is 117 cm³/mol. The Morgan fingerprint density at radius 2 is 1.68 bits per heavy atom. The lowest BCUT2D eigenvalue weighted by molar-refractivity contribution is -0.133. The molecule has 4 rings (SSSR count). The van der Waals surface area contributed by atoms with Crippen LogP contribution in [0.1, 0.15) is 23.1 Å². The van der Waals surface area contributed by atoms with E-state index in [9.17, 15) is 17.6 Å². The van der Waals surface area contributed by atoms with Gasteiger partial charge in [-0.05, 0) is 67.3 Å². The molecule has 0 radical (unpaired) electrons. The Hall–Kier alpha value is -2.29. The van der Waals surface area contributed by atoms with Gasteiger partial charge in [-0.15, -0.1) is 0 Å². The third kappa shape index (κ3) is 4.97. The fourth-order valence-corrected chi connectivity index (χ4v) is 5.80. The topological polar surface area (TPSA) is 60.9 Å². The molecule has 1 amide bonds. The molecule has 0 saturated carbocycles. The van der Waals surface area contributed by atoms with Crippen molar-refractivity contribution in [1.82, 2.24) is 14.1 Å². The molecule has 0 N–H and O–H groups in total. The smallest absolute Gasteiger partial charge is 0.243 e. The molecule has 1 heterocycles. The second-order valence-corrected chi connectivity index (χ2v) is 10.3. The molecule has 1 fully saturated rings. The third-order valence-electron chi connectivity index (χ3n) is 6.07. The number of hydrogen-bond donors (Lipinski definition) is 0. The van der Waals surface area contributed by atoms with E-state index in [1.165, 1.54) is 22.0 Å². The Morgan fingerprint density at radius 3 is 2.39 bits per heavy atom. The lowest BCUT2D eigenvalue weighted by Gasteiger charge is -2.34. The van der Waals surface area contributed by atoms with E-state index < -0.39 is 10.0 Å². The lowest BCUT2D eigenvalue weighted by Crippen LogP contribution is -2.52. The Kier molecular flexibility index (Phi) is 6.41. The maximum absolute atomic E-state index is 13.1. The number of carbonyl (C=O) groups excluding carboxylic acids is 1. The molecule has 1 aliphatic carbocycles. The highest BCUT2D eigenvalue weighted by molar-refractivity contribution is 7.89. The average molecular weight is 446 g/mol. The van der Waals surface area contributed by atoms with Gasteiger partial charge < -0.3 is 4.90 Å². The molecule has 0 bridgehead atoms. The number of carbonyl (C=O) groups is 1. The molecular weight excluding hydrogens is 417 g/mol. The summed E-state index contributed by atoms with van der Waals surface area (Å²) in [6.07, 6.45) is 3.04. The van der Waals surface area contributed by atoms with Crippen molar-refractivity contribution in [3.05, 3.63) is 65.0 Å². The summed E-state index contributed by atoms with van der Waals surface area (Å²) in [6, 6.07) is 11.7. The quantitative estimate of drug-likeness (QED) is 0.685. The minimum atomic E-state index is -3.55. The van der Waals surface area contributed by atoms with Crippen LogP contribution in [0.3, 0.4) is 0 Å². The fraction of sp³-hybridized carbons (Fsp3) is 0.435. The standard InChI is InChI=1S/C23H28FN3O3S/c1-25(16-18-5-8-21(24)9-6-18)17-23(28)26-11-13-27(14-12-26)31(29,30)22-10-7-19-3-2-4-20(19)15-22/h5-10,15H,2-4,11-14,16-17H2,1H3. The largest absolute Gasteiger partial charge is 0.339 e. The monoisotopic (exact) mass is 445 g/mol. The zero-order valence-corrected chi connectivity index (χ0v) is 18.6. The third-order valence-corrected chi connectivity index (χ3v) is 7.96. The Bertz CT molecular complexity index is 1050. The van der Waals surface area contributed by atoms with E-state index in [2.05, 4.69) is 0 Å². The number of piperazine rings is 1. The molecule has 0 unspecified atom stereocenters. The van der Waals surface area contributed by atoms with Crippen LogP contribution in [0.15, 0.2) is 47.4 Å². The van der Waals surface area contributed by atoms with E-state index in [0.717, 1.165) is 30.4 Å². The zero-order valence-electron chi connectivity index (χ0n) is 17.8. The van der Waals surface area contributed by atoms with Gasteiger partial charge in [-0.1, -0.05) is 18.2 Å². The van der Waals surface area contributed by atoms with Crippen LogP contribution >= 0.6 is 0 Å². The summed E-state index contributed by atoms with van der Waals surface area (Å²) in [5.41, 5.74) is 3.32. The van der Waals surface area contributed by atoms with Gasteiger partial charge in [0, 0.05) is 32.7 Å². The van der Waals surface area contributed by atoms with Crippen molar-refractivity contribution in [2.24, 2.45) is 0 Å². The van der Waals surface area contributed by atoms with Crippen LogP contribution in [0, 0.1) is 5.82 Å². The van der Waals surface area contributed by atoms with Gasteiger partial charge in [0.1, 0.15) is 5.82 Å². The summed E-state index contributed by atoms with van der Waals surface area (Å²) in [5, 5.41) is 0. The summed E-state index contributed by atoms with van der Waals surface area (Å²) >= 11 is 0. The molecule has 1 saturated heterocycles. The second kappa shape index (κ2) is 9.06. The van der Waals surface area contributed by atoms with Crippen molar-refractivity contribution >= 4 is 15.9 Å². The van der Waals surface area contributed by atoms with Gasteiger partial charge in [0.2, 0.25) is 15.9 Å². The number of rotatable bonds is 6. The summed E-state index contributed by atoms with van der Waals surface area (Å²) < 4.78 is 40.6. The maximum atomic E-state index is 13.1. The first-order chi connectivity index (χ1) is 14.8. The molecule has 2 aromatic rings. The van der Waals surface area contributed by atoms with Gasteiger partial charge >= 0.3 is 0 Å². The summed E-state index contributed by atoms with van der Waals surface area (Å²) in [4.78, 5) is 16.6. The van der Waals surface area contributed by atoms with Gasteiger partial charge in [0.25, 0.3) is 0 Å². The van der Waals surface area contributed by atoms with E-state index in [1.807, 2.05) is 24.1 Å². The first kappa shape index (κ1) is 21.9. The van der Waals surface area contributed by atoms with E-state index >= 15 is 0 Å². The number of aryl methyl sites for hydroxylation is 2. The van der Waals surface area contributed by atoms with Crippen LogP contribution in [0.2, 0.25) is 0 Å². The van der Waals surface area contributed by atoms with E-state index in [0.29, 0.717) is 37.6 Å². The number of halogens is 1. The molecular formula is C23H28FN3O3S. The molecule has 8 heteroatoms. The van der Waals surface area contributed by atoms with Crippen LogP contribution in [0.4, 0.5) is 4.39 Å². The van der Waals surface area contributed by atoms with Gasteiger partial charge in [-0.3, -0.25) is 9.69 Å². The summed E-state index contributed by atoms with van der Waals surface area (Å²) in [7, 11) is -1.70. The first-order valence-corrected chi connectivity index (χ1v) is 12.1. The number of benzene rings is 2. The normalized spacial score (nSPS) is 17.2. The SMILES string of the molecule is CN(CC(=O)N1CCN(S(=O)(=O)c2ccc3c(c2)CCC3)CC1)Cc1ccc(F)cc1. The van der Waals surface area contributed by atoms with Crippen molar-refractivity contribution < 1.29 is 17.6 Å². The van der Waals surface area contributed by atoms with Gasteiger partial charge in [-0.2, -0.15) is 4.31 Å². The molecule has 6 nitrogen and oxygen atoms in total. The lowest BCUT2D eigenvalue weighted by atomic mass is 10.1. The average Bonchev–Trinajstić information content (AvgIpc) is 3.23. The van der Waals surface area contributed by atoms with Crippen molar-refractivity contribution in [1.29, 1.82) is 0 Å². The molecule has 2 aromatic carbocycles. The van der Waals surface area contributed by atoms with Crippen LogP contribution < -0.4 is 0 Å². The van der Waals surface area contributed by atoms with Gasteiger partial charge in [0.05, 0.1) is 11.4 Å². The number of sulfonamides is 1. The van der Waals surface area contributed by atoms with Crippen LogP contribution in [-0.4, -0.2) is 68.2 Å². The minimum absolute atomic E-state index is 0.0285. The molecule has 166 valence electrons. The summed E-state index contributed by atoms with van der Waals surface area (Å²) in [6.45, 7) is 2.13. The first-order valence-electron chi connectivity index (χ1n) is 10.7. The number of nitrogens with zero attached hydrogens (tertiary/aromatic N) is 3. The molecule has 2 aliphatic rings. The van der Waals surface area contributed by atoms with Gasteiger partial charge in [-0.25, -0.2) is 12.8 Å². The van der Waals surface area contributed by atoms with Crippen molar-refractivity contribution in [2.75, 3.05) is 39.8 Å². The van der Waals surface area contributed by atoms with Gasteiger partial charge in [0.15, 0.2) is 0 Å². The highest BCUT2D eigenvalue weighted by atomic mass is 32.2. The molecule has 1 aliphatic heterocycles. The van der Waals surface area contributed by atoms with Crippen molar-refractivity contribution in [3.63, 3.8) is 0 Å². The molecule has 0 aromatic heterocycles.